The average Bonchev–Trinajstić information content (AvgIpc) is 2.41. The Kier molecular flexibility index (Phi) is 3.31. The SMILES string of the molecule is N#Cc1ccc(Nc2ccc(F)cc2C#N)cc1N. The molecular formula is C14H9FN4. The first-order chi connectivity index (χ1) is 9.13. The fourth-order valence-corrected chi connectivity index (χ4v) is 1.62. The van der Waals surface area contributed by atoms with Crippen molar-refractivity contribution in [1.29, 1.82) is 10.5 Å². The van der Waals surface area contributed by atoms with Gasteiger partial charge in [-0.1, -0.05) is 0 Å². The lowest BCUT2D eigenvalue weighted by atomic mass is 10.1. The highest BCUT2D eigenvalue weighted by Gasteiger charge is 2.05. The lowest BCUT2D eigenvalue weighted by Gasteiger charge is -2.09. The zero-order chi connectivity index (χ0) is 13.8. The monoisotopic (exact) mass is 252 g/mol. The Morgan fingerprint density at radius 2 is 1.74 bits per heavy atom. The number of nitrogen functional groups attached to an aromatic ring is 1. The van der Waals surface area contributed by atoms with Gasteiger partial charge in [0.05, 0.1) is 22.5 Å². The summed E-state index contributed by atoms with van der Waals surface area (Å²) in [5.41, 5.74) is 7.71. The minimum absolute atomic E-state index is 0.197. The third-order valence-corrected chi connectivity index (χ3v) is 2.55. The Morgan fingerprint density at radius 3 is 2.37 bits per heavy atom. The molecule has 3 N–H and O–H groups in total. The second-order valence-electron chi connectivity index (χ2n) is 3.84. The van der Waals surface area contributed by atoms with Gasteiger partial charge in [-0.15, -0.1) is 0 Å². The van der Waals surface area contributed by atoms with E-state index in [1.165, 1.54) is 12.1 Å². The molecule has 92 valence electrons. The van der Waals surface area contributed by atoms with Gasteiger partial charge in [0, 0.05) is 5.69 Å². The Morgan fingerprint density at radius 1 is 1.00 bits per heavy atom. The van der Waals surface area contributed by atoms with Crippen LogP contribution < -0.4 is 11.1 Å². The van der Waals surface area contributed by atoms with E-state index in [1.54, 1.807) is 18.2 Å². The second-order valence-corrected chi connectivity index (χ2v) is 3.84. The highest BCUT2D eigenvalue weighted by molar-refractivity contribution is 5.70. The molecule has 4 nitrogen and oxygen atoms in total. The summed E-state index contributed by atoms with van der Waals surface area (Å²) in [4.78, 5) is 0. The van der Waals surface area contributed by atoms with Crippen LogP contribution in [0.25, 0.3) is 0 Å². The predicted molar refractivity (Wildman–Crippen MR) is 70.0 cm³/mol. The van der Waals surface area contributed by atoms with E-state index < -0.39 is 5.82 Å². The summed E-state index contributed by atoms with van der Waals surface area (Å²) in [7, 11) is 0. The molecule has 0 amide bonds. The minimum atomic E-state index is -0.471. The van der Waals surface area contributed by atoms with Gasteiger partial charge in [-0.05, 0) is 36.4 Å². The summed E-state index contributed by atoms with van der Waals surface area (Å²) in [6, 6.07) is 12.6. The van der Waals surface area contributed by atoms with Crippen molar-refractivity contribution in [3.63, 3.8) is 0 Å². The van der Waals surface area contributed by atoms with Crippen LogP contribution in [0.3, 0.4) is 0 Å². The minimum Gasteiger partial charge on any atom is -0.398 e. The topological polar surface area (TPSA) is 85.6 Å². The Hall–Kier alpha value is -3.05. The number of nitrogens with two attached hydrogens (primary N) is 1. The van der Waals surface area contributed by atoms with Crippen molar-refractivity contribution in [3.8, 4) is 12.1 Å². The van der Waals surface area contributed by atoms with Gasteiger partial charge < -0.3 is 11.1 Å². The van der Waals surface area contributed by atoms with Gasteiger partial charge in [-0.25, -0.2) is 4.39 Å². The molecule has 0 fully saturated rings. The number of anilines is 3. The molecule has 0 radical (unpaired) electrons. The number of nitrogens with one attached hydrogen (secondary N) is 1. The molecule has 0 aliphatic rings. The van der Waals surface area contributed by atoms with Crippen molar-refractivity contribution >= 4 is 17.1 Å². The molecule has 0 aromatic heterocycles. The van der Waals surface area contributed by atoms with Crippen LogP contribution in [-0.4, -0.2) is 0 Å². The fraction of sp³-hybridized carbons (Fsp3) is 0. The molecule has 0 bridgehead atoms. The molecule has 0 aliphatic carbocycles. The van der Waals surface area contributed by atoms with Crippen LogP contribution >= 0.6 is 0 Å². The van der Waals surface area contributed by atoms with Crippen molar-refractivity contribution < 1.29 is 4.39 Å². The van der Waals surface area contributed by atoms with Crippen molar-refractivity contribution in [2.45, 2.75) is 0 Å². The summed E-state index contributed by atoms with van der Waals surface area (Å²) in [6.07, 6.45) is 0. The van der Waals surface area contributed by atoms with Crippen LogP contribution in [0.2, 0.25) is 0 Å². The van der Waals surface area contributed by atoms with Gasteiger partial charge >= 0.3 is 0 Å². The molecule has 0 saturated heterocycles. The van der Waals surface area contributed by atoms with E-state index in [0.29, 0.717) is 22.6 Å². The van der Waals surface area contributed by atoms with Crippen molar-refractivity contribution in [3.05, 3.63) is 53.3 Å². The van der Waals surface area contributed by atoms with Gasteiger partial charge in [0.25, 0.3) is 0 Å². The maximum Gasteiger partial charge on any atom is 0.124 e. The summed E-state index contributed by atoms with van der Waals surface area (Å²) in [6.45, 7) is 0. The number of halogens is 1. The van der Waals surface area contributed by atoms with E-state index in [4.69, 9.17) is 16.3 Å². The quantitative estimate of drug-likeness (QED) is 0.804. The van der Waals surface area contributed by atoms with Gasteiger partial charge in [0.2, 0.25) is 0 Å². The molecule has 0 heterocycles. The third-order valence-electron chi connectivity index (χ3n) is 2.55. The summed E-state index contributed by atoms with van der Waals surface area (Å²) >= 11 is 0. The van der Waals surface area contributed by atoms with E-state index in [0.717, 1.165) is 6.07 Å². The average molecular weight is 252 g/mol. The van der Waals surface area contributed by atoms with Gasteiger partial charge in [0.15, 0.2) is 0 Å². The molecule has 0 saturated carbocycles. The fourth-order valence-electron chi connectivity index (χ4n) is 1.62. The number of benzene rings is 2. The molecule has 0 atom stereocenters. The van der Waals surface area contributed by atoms with Crippen molar-refractivity contribution in [1.82, 2.24) is 0 Å². The molecule has 0 aliphatic heterocycles. The zero-order valence-electron chi connectivity index (χ0n) is 9.81. The van der Waals surface area contributed by atoms with Crippen LogP contribution in [0.5, 0.6) is 0 Å². The van der Waals surface area contributed by atoms with Crippen LogP contribution in [0.15, 0.2) is 36.4 Å². The number of hydrogen-bond donors (Lipinski definition) is 2. The van der Waals surface area contributed by atoms with Crippen LogP contribution in [0, 0.1) is 28.5 Å². The smallest absolute Gasteiger partial charge is 0.124 e. The lowest BCUT2D eigenvalue weighted by Crippen LogP contribution is -1.97. The van der Waals surface area contributed by atoms with E-state index >= 15 is 0 Å². The predicted octanol–water partition coefficient (Wildman–Crippen LogP) is 2.89. The summed E-state index contributed by atoms with van der Waals surface area (Å²) < 4.78 is 13.0. The number of nitriles is 2. The van der Waals surface area contributed by atoms with Gasteiger partial charge in [-0.3, -0.25) is 0 Å². The number of rotatable bonds is 2. The first-order valence-electron chi connectivity index (χ1n) is 5.40. The van der Waals surface area contributed by atoms with Crippen molar-refractivity contribution in [2.75, 3.05) is 11.1 Å². The molecule has 19 heavy (non-hydrogen) atoms. The van der Waals surface area contributed by atoms with E-state index in [1.807, 2.05) is 12.1 Å². The summed E-state index contributed by atoms with van der Waals surface area (Å²) in [5, 5.41) is 20.7. The zero-order valence-corrected chi connectivity index (χ0v) is 9.81. The second kappa shape index (κ2) is 5.07. The van der Waals surface area contributed by atoms with Crippen LogP contribution in [0.4, 0.5) is 21.5 Å². The van der Waals surface area contributed by atoms with Crippen LogP contribution in [-0.2, 0) is 0 Å². The molecule has 0 spiro atoms. The molecule has 2 aromatic carbocycles. The summed E-state index contributed by atoms with van der Waals surface area (Å²) in [5.74, 6) is -0.471. The standard InChI is InChI=1S/C14H9FN4/c15-11-2-4-14(10(5-11)8-17)19-12-3-1-9(7-16)13(18)6-12/h1-6,19H,18H2. The lowest BCUT2D eigenvalue weighted by molar-refractivity contribution is 0.627. The number of nitrogens with zero attached hydrogens (tertiary/aromatic N) is 2. The maximum atomic E-state index is 13.0. The first kappa shape index (κ1) is 12.4. The Labute approximate surface area is 109 Å². The first-order valence-corrected chi connectivity index (χ1v) is 5.40. The Balaban J connectivity index is 2.35. The van der Waals surface area contributed by atoms with E-state index in [-0.39, 0.29) is 5.56 Å². The highest BCUT2D eigenvalue weighted by Crippen LogP contribution is 2.24. The highest BCUT2D eigenvalue weighted by atomic mass is 19.1. The van der Waals surface area contributed by atoms with E-state index in [9.17, 15) is 4.39 Å². The van der Waals surface area contributed by atoms with E-state index in [2.05, 4.69) is 5.32 Å². The molecule has 5 heteroatoms. The van der Waals surface area contributed by atoms with Crippen LogP contribution in [0.1, 0.15) is 11.1 Å². The molecular weight excluding hydrogens is 243 g/mol. The molecule has 2 aromatic rings. The normalized spacial score (nSPS) is 9.42. The molecule has 0 unspecified atom stereocenters. The Bertz CT molecular complexity index is 710. The van der Waals surface area contributed by atoms with Gasteiger partial charge in [0.1, 0.15) is 18.0 Å². The number of hydrogen-bond acceptors (Lipinski definition) is 4. The maximum absolute atomic E-state index is 13.0. The largest absolute Gasteiger partial charge is 0.398 e. The van der Waals surface area contributed by atoms with Crippen molar-refractivity contribution in [2.24, 2.45) is 0 Å². The third kappa shape index (κ3) is 2.62. The van der Waals surface area contributed by atoms with Gasteiger partial charge in [-0.2, -0.15) is 10.5 Å². The molecule has 2 rings (SSSR count).